The number of aromatic nitrogens is 1. The number of phenolic OH excluding ortho intramolecular Hbond substituents is 1. The van der Waals surface area contributed by atoms with Gasteiger partial charge in [0.2, 0.25) is 59.1 Å². The number of likely N-dealkylation sites (N-methyl/N-ethyl adjacent to an activating group) is 1. The van der Waals surface area contributed by atoms with Gasteiger partial charge in [0.25, 0.3) is 0 Å². The zero-order valence-corrected chi connectivity index (χ0v) is 81.5. The van der Waals surface area contributed by atoms with Crippen molar-refractivity contribution in [2.75, 3.05) is 62.8 Å². The van der Waals surface area contributed by atoms with E-state index in [1.165, 1.54) is 78.8 Å². The van der Waals surface area contributed by atoms with E-state index < -0.39 is 191 Å². The van der Waals surface area contributed by atoms with Crippen LogP contribution in [-0.2, 0) is 113 Å². The van der Waals surface area contributed by atoms with Crippen molar-refractivity contribution >= 4 is 154 Å². The van der Waals surface area contributed by atoms with Crippen molar-refractivity contribution in [2.45, 2.75) is 222 Å². The first-order valence-corrected chi connectivity index (χ1v) is 50.7. The number of aromatic amines is 1. The van der Waals surface area contributed by atoms with E-state index in [-0.39, 0.29) is 98.1 Å². The molecule has 37 heteroatoms. The van der Waals surface area contributed by atoms with Gasteiger partial charge in [-0.15, -0.1) is 0 Å². The number of aromatic hydroxyl groups is 1. The Morgan fingerprint density at radius 1 is 0.793 bits per heavy atom. The van der Waals surface area contributed by atoms with E-state index in [2.05, 4.69) is 42.2 Å². The highest BCUT2D eigenvalue weighted by Crippen LogP contribution is 2.50. The first-order chi connectivity index (χ1) is 64.5. The van der Waals surface area contributed by atoms with Crippen molar-refractivity contribution in [1.82, 2.24) is 47.1 Å². The van der Waals surface area contributed by atoms with Crippen LogP contribution in [0.1, 0.15) is 139 Å². The minimum Gasteiger partial charge on any atom is -0.508 e. The van der Waals surface area contributed by atoms with Gasteiger partial charge in [-0.2, -0.15) is 0 Å². The van der Waals surface area contributed by atoms with Crippen LogP contribution >= 0.6 is 54.8 Å². The molecule has 14 N–H and O–H groups in total. The third-order valence-corrected chi connectivity index (χ3v) is 30.5. The molecule has 10 amide bonds. The number of nitrogens with two attached hydrogens (primary N) is 2. The summed E-state index contributed by atoms with van der Waals surface area (Å²) in [5.74, 6) is -11.8. The number of Topliss-reactive ketones (excluding diaryl/α,β-unsaturated/α-hetero) is 1. The van der Waals surface area contributed by atoms with E-state index in [9.17, 15) is 53.4 Å². The molecule has 5 aromatic carbocycles. The molecule has 0 unspecified atom stereocenters. The number of para-hydroxylation sites is 1. The fourth-order valence-electron chi connectivity index (χ4n) is 17.2. The van der Waals surface area contributed by atoms with Crippen LogP contribution in [0, 0.1) is 17.8 Å². The topological polar surface area (TPSA) is 470 Å². The molecule has 726 valence electrons. The molecule has 1 aromatic heterocycles. The van der Waals surface area contributed by atoms with E-state index in [0.717, 1.165) is 60.3 Å². The number of methoxy groups -OCH3 is 2. The molecule has 32 nitrogen and oxygen atoms in total. The Morgan fingerprint density at radius 3 is 2.21 bits per heavy atom. The van der Waals surface area contributed by atoms with Gasteiger partial charge in [-0.05, 0) is 141 Å². The Labute approximate surface area is 806 Å². The van der Waals surface area contributed by atoms with Gasteiger partial charge in [0.1, 0.15) is 88.3 Å². The molecular formula is C98H123ClN12O20S4. The third kappa shape index (κ3) is 28.3. The number of esters is 2. The minimum atomic E-state index is -1.69. The standard InChI is InChI=1S/C98H123ClN12O20S4/c1-55(2)87-95(124)108-75(94(123)105-71(89(101)118)47-65-52-102-69-27-17-16-26-68(65)69)54-135-134-53-74(77(113)48-64(42-60-30-34-66(112)35-31-60)90(119)106-73(46-63-33-32-62-24-14-15-25-67(62)63)93(122)104-70(91(120)109-87)28-18-19-38-100)107-92(121)72(43-59-22-12-11-13-23-59)103-82(114)36-39-132-133-40-37-83(115)110(7)58(5)96(125)130-81-49-84(116)111(8)76-44-61(45-78(127-9)86(76)99)41-56(3)21-20-29-80(128-10)98(126)50-79(129-85(117)51-98)57(4)88-97(81,6)131-88/h11-17,20-27,29-31,33-35,44-45,52,55,57-58,64,70-75,79-81,87-88,102,112,126H,18-19,28,32,36-43,46-51,53-54,100H2,1-10H3,(H2,101,118)(H,103,114)(H,104,122)(H,105,123)(H,106,119)(H,107,121)(H,108,124)(H,109,120)/b29-20+,56-21+/t57-,58+,64-,70+,71+,72-,73-,74+,75+,79+,80-,81+,87+,88+,97+,98-/m1/s1. The second-order valence-corrected chi connectivity index (χ2v) is 41.2. The molecule has 0 saturated carbocycles. The van der Waals surface area contributed by atoms with Crippen molar-refractivity contribution in [3.05, 3.63) is 190 Å². The van der Waals surface area contributed by atoms with E-state index >= 15 is 19.2 Å². The SMILES string of the molecule is COc1cc2cc(c1Cl)N(C)C(=O)C[C@H](OC(=O)[C@H](C)N(C)C(=O)CCSSCCC(=O)N[C@H](Cc1ccccc1)C(=O)N[C@H]1CSSC[C@@H](C(=O)N[C@@H](Cc3c[nH]c4ccccc34)C(N)=O)NC(=O)[C@H](C(C)C)NC(=O)[C@H](CCCCN)NC(=O)[C@@H](CC3=CCc4ccccc43)NC(=O)[C@H](Cc3ccc(O)cc3)CC1=O)[C@]1(C)O[C@H]1[C@H](C)[C@@H]1C[C@@](O)(CC(=O)O1)[C@H](OC)/C=C/C=C(\C)C2. The van der Waals surface area contributed by atoms with Gasteiger partial charge in [0.15, 0.2) is 5.78 Å². The molecule has 3 fully saturated rings. The van der Waals surface area contributed by atoms with Gasteiger partial charge < -0.3 is 97.4 Å². The predicted molar refractivity (Wildman–Crippen MR) is 521 cm³/mol. The zero-order valence-electron chi connectivity index (χ0n) is 77.5. The number of anilines is 1. The fraction of sp³-hybridized carbons (Fsp3) is 0.480. The maximum Gasteiger partial charge on any atom is 0.328 e. The van der Waals surface area contributed by atoms with Gasteiger partial charge >= 0.3 is 11.9 Å². The van der Waals surface area contributed by atoms with Crippen molar-refractivity contribution in [3.63, 3.8) is 0 Å². The summed E-state index contributed by atoms with van der Waals surface area (Å²) in [5, 5.41) is 43.6. The van der Waals surface area contributed by atoms with Crippen molar-refractivity contribution in [1.29, 1.82) is 0 Å². The first-order valence-electron chi connectivity index (χ1n) is 45.3. The molecule has 135 heavy (non-hydrogen) atoms. The number of H-pyrrole nitrogens is 1. The van der Waals surface area contributed by atoms with Crippen LogP contribution in [-0.4, -0.2) is 239 Å². The van der Waals surface area contributed by atoms with Gasteiger partial charge in [-0.25, -0.2) is 4.79 Å². The Kier molecular flexibility index (Phi) is 37.9. The van der Waals surface area contributed by atoms with Crippen LogP contribution in [0.5, 0.6) is 11.5 Å². The molecule has 0 spiro atoms. The highest BCUT2D eigenvalue weighted by Gasteiger charge is 2.65. The number of fused-ring (bicyclic) bond motifs is 7. The number of rotatable bonds is 31. The number of benzene rings is 5. The highest BCUT2D eigenvalue weighted by molar-refractivity contribution is 8.77. The summed E-state index contributed by atoms with van der Waals surface area (Å²) >= 11 is 6.92. The number of allylic oxidation sites excluding steroid dienone is 4. The number of hydrogen-bond donors (Lipinski definition) is 12. The molecule has 0 radical (unpaired) electrons. The van der Waals surface area contributed by atoms with E-state index in [1.54, 1.807) is 101 Å². The van der Waals surface area contributed by atoms with E-state index in [1.807, 2.05) is 67.6 Å². The number of hydrogen-bond acceptors (Lipinski definition) is 25. The summed E-state index contributed by atoms with van der Waals surface area (Å²) in [4.78, 5) is 197. The number of aliphatic hydroxyl groups is 1. The Balaban J connectivity index is 0.799. The number of carbonyl (C=O) groups excluding carboxylic acids is 13. The summed E-state index contributed by atoms with van der Waals surface area (Å²) in [6.45, 7) is 10.5. The predicted octanol–water partition coefficient (Wildman–Crippen LogP) is 8.50. The fourth-order valence-corrected chi connectivity index (χ4v) is 21.8. The second kappa shape index (κ2) is 48.9. The molecule has 16 atom stereocenters. The van der Waals surface area contributed by atoms with Crippen molar-refractivity contribution < 1.29 is 96.2 Å². The number of phenols is 1. The quantitative estimate of drug-likeness (QED) is 0.00839. The first kappa shape index (κ1) is 105. The summed E-state index contributed by atoms with van der Waals surface area (Å²) in [6, 6.07) is 22.4. The summed E-state index contributed by atoms with van der Waals surface area (Å²) in [7, 11) is 10.5. The number of unbranched alkanes of at least 4 members (excludes halogenated alkanes) is 1. The number of carbonyl (C=O) groups is 13. The lowest BCUT2D eigenvalue weighted by molar-refractivity contribution is -0.187. The number of ether oxygens (including phenoxy) is 5. The van der Waals surface area contributed by atoms with Crippen LogP contribution in [0.3, 0.4) is 0 Å². The second-order valence-electron chi connectivity index (χ2n) is 35.6. The molecule has 11 rings (SSSR count). The monoisotopic (exact) mass is 1950 g/mol. The molecule has 5 aliphatic rings. The van der Waals surface area contributed by atoms with Gasteiger partial charge in [-0.3, -0.25) is 57.5 Å². The lowest BCUT2D eigenvalue weighted by atomic mass is 9.78. The summed E-state index contributed by atoms with van der Waals surface area (Å²) in [5.41, 5.74) is 16.0. The number of nitrogens with zero attached hydrogens (tertiary/aromatic N) is 2. The largest absolute Gasteiger partial charge is 0.508 e. The molecule has 5 heterocycles. The van der Waals surface area contributed by atoms with Gasteiger partial charge in [0, 0.05) is 118 Å². The molecule has 1 aliphatic carbocycles. The average Bonchev–Trinajstić information content (AvgIpc) is 1.57. The molecule has 3 saturated heterocycles. The highest BCUT2D eigenvalue weighted by atomic mass is 35.5. The van der Waals surface area contributed by atoms with E-state index in [0.29, 0.717) is 53.8 Å². The Morgan fingerprint density at radius 2 is 1.49 bits per heavy atom. The van der Waals surface area contributed by atoms with E-state index in [4.69, 9.17) is 46.8 Å². The van der Waals surface area contributed by atoms with Crippen LogP contribution < -0.4 is 58.3 Å². The Hall–Kier alpha value is -10.7. The number of primary amides is 1. The van der Waals surface area contributed by atoms with Crippen LogP contribution in [0.25, 0.3) is 16.5 Å². The number of amides is 10. The summed E-state index contributed by atoms with van der Waals surface area (Å²) in [6.07, 6.45) is 4.84. The number of halogens is 1. The lowest BCUT2D eigenvalue weighted by Crippen LogP contribution is -2.60. The lowest BCUT2D eigenvalue weighted by Gasteiger charge is -2.41. The van der Waals surface area contributed by atoms with Crippen molar-refractivity contribution in [2.24, 2.45) is 29.2 Å². The maximum atomic E-state index is 15.7. The number of ketones is 1. The minimum absolute atomic E-state index is 0.0365. The smallest absolute Gasteiger partial charge is 0.328 e. The Bertz CT molecular complexity index is 5380. The third-order valence-electron chi connectivity index (χ3n) is 25.3. The van der Waals surface area contributed by atoms with Gasteiger partial charge in [-0.1, -0.05) is 190 Å². The molecule has 4 aliphatic heterocycles. The summed E-state index contributed by atoms with van der Waals surface area (Å²) < 4.78 is 30.0. The van der Waals surface area contributed by atoms with Gasteiger partial charge in [0.05, 0.1) is 37.8 Å². The van der Waals surface area contributed by atoms with Crippen molar-refractivity contribution in [3.8, 4) is 11.5 Å². The zero-order chi connectivity index (χ0) is 97.5. The van der Waals surface area contributed by atoms with Crippen LogP contribution in [0.15, 0.2) is 151 Å². The molecule has 6 aromatic rings. The normalized spacial score (nSPS) is 25.3. The molecular weight excluding hydrogens is 1830 g/mol. The average molecular weight is 1950 g/mol. The van der Waals surface area contributed by atoms with Crippen LogP contribution in [0.4, 0.5) is 5.69 Å². The molecule has 4 bridgehead atoms. The maximum absolute atomic E-state index is 15.7. The number of nitrogens with one attached hydrogen (secondary N) is 8. The van der Waals surface area contributed by atoms with Crippen LogP contribution in [0.2, 0.25) is 5.02 Å². The number of epoxide rings is 1.